The van der Waals surface area contributed by atoms with E-state index in [2.05, 4.69) is 32.6 Å². The van der Waals surface area contributed by atoms with E-state index in [-0.39, 0.29) is 0 Å². The summed E-state index contributed by atoms with van der Waals surface area (Å²) in [6.07, 6.45) is 5.39. The Kier molecular flexibility index (Phi) is 6.50. The van der Waals surface area contributed by atoms with Gasteiger partial charge in [0, 0.05) is 12.6 Å². The van der Waals surface area contributed by atoms with Gasteiger partial charge in [-0.2, -0.15) is 0 Å². The Balaban J connectivity index is 2.48. The van der Waals surface area contributed by atoms with Crippen LogP contribution in [0.3, 0.4) is 0 Å². The number of rotatable bonds is 5. The van der Waals surface area contributed by atoms with Crippen molar-refractivity contribution in [1.82, 2.24) is 4.90 Å². The molecule has 1 saturated heterocycles. The van der Waals surface area contributed by atoms with Gasteiger partial charge in [0.25, 0.3) is 0 Å². The van der Waals surface area contributed by atoms with Crippen LogP contribution in [0.2, 0.25) is 0 Å². The van der Waals surface area contributed by atoms with E-state index in [4.69, 9.17) is 5.73 Å². The molecule has 1 rings (SSSR count). The van der Waals surface area contributed by atoms with Crippen LogP contribution in [0.1, 0.15) is 53.4 Å². The van der Waals surface area contributed by atoms with Crippen LogP contribution in [-0.4, -0.2) is 30.6 Å². The summed E-state index contributed by atoms with van der Waals surface area (Å²) in [7, 11) is 0. The number of nitrogens with zero attached hydrogens (tertiary/aromatic N) is 1. The van der Waals surface area contributed by atoms with Crippen LogP contribution in [0.5, 0.6) is 0 Å². The molecule has 1 fully saturated rings. The summed E-state index contributed by atoms with van der Waals surface area (Å²) in [6.45, 7) is 12.7. The van der Waals surface area contributed by atoms with Crippen LogP contribution in [-0.2, 0) is 0 Å². The highest BCUT2D eigenvalue weighted by atomic mass is 15.2. The maximum atomic E-state index is 5.96. The zero-order valence-corrected chi connectivity index (χ0v) is 12.3. The van der Waals surface area contributed by atoms with Crippen LogP contribution in [0.15, 0.2) is 0 Å². The fraction of sp³-hybridized carbons (Fsp3) is 1.00. The predicted molar refractivity (Wildman–Crippen MR) is 76.0 cm³/mol. The second-order valence-corrected chi connectivity index (χ2v) is 6.49. The quantitative estimate of drug-likeness (QED) is 0.800. The van der Waals surface area contributed by atoms with Crippen LogP contribution in [0.4, 0.5) is 0 Å². The first kappa shape index (κ1) is 15.0. The molecule has 0 aliphatic carbocycles. The van der Waals surface area contributed by atoms with Gasteiger partial charge in [-0.25, -0.2) is 0 Å². The lowest BCUT2D eigenvalue weighted by molar-refractivity contribution is 0.180. The summed E-state index contributed by atoms with van der Waals surface area (Å²) in [5, 5.41) is 0. The molecule has 1 aliphatic rings. The molecule has 1 heterocycles. The Hall–Kier alpha value is -0.0800. The Bertz CT molecular complexity index is 201. The molecule has 0 aromatic carbocycles. The van der Waals surface area contributed by atoms with Crippen molar-refractivity contribution < 1.29 is 0 Å². The van der Waals surface area contributed by atoms with Gasteiger partial charge in [0.05, 0.1) is 0 Å². The number of hydrogen-bond donors (Lipinski definition) is 1. The first-order chi connectivity index (χ1) is 8.04. The third kappa shape index (κ3) is 4.97. The second-order valence-electron chi connectivity index (χ2n) is 6.49. The van der Waals surface area contributed by atoms with Crippen molar-refractivity contribution in [3.05, 3.63) is 0 Å². The highest BCUT2D eigenvalue weighted by Gasteiger charge is 2.24. The molecule has 0 saturated carbocycles. The molecule has 2 N–H and O–H groups in total. The first-order valence-electron chi connectivity index (χ1n) is 7.48. The topological polar surface area (TPSA) is 29.3 Å². The SMILES string of the molecule is CC(C)CC(CN)N1CCCC(C(C)C)CC1. The molecule has 2 atom stereocenters. The van der Waals surface area contributed by atoms with Gasteiger partial charge in [-0.15, -0.1) is 0 Å². The second kappa shape index (κ2) is 7.38. The number of likely N-dealkylation sites (tertiary alicyclic amines) is 1. The van der Waals surface area contributed by atoms with Gasteiger partial charge in [0.1, 0.15) is 0 Å². The van der Waals surface area contributed by atoms with Crippen molar-refractivity contribution >= 4 is 0 Å². The highest BCUT2D eigenvalue weighted by Crippen LogP contribution is 2.26. The van der Waals surface area contributed by atoms with Crippen LogP contribution in [0.25, 0.3) is 0 Å². The van der Waals surface area contributed by atoms with E-state index in [1.54, 1.807) is 0 Å². The van der Waals surface area contributed by atoms with E-state index in [1.807, 2.05) is 0 Å². The Labute approximate surface area is 108 Å². The van der Waals surface area contributed by atoms with Crippen molar-refractivity contribution in [2.24, 2.45) is 23.5 Å². The lowest BCUT2D eigenvalue weighted by Gasteiger charge is -2.31. The molecule has 0 radical (unpaired) electrons. The van der Waals surface area contributed by atoms with Gasteiger partial charge in [0.15, 0.2) is 0 Å². The molecule has 0 amide bonds. The standard InChI is InChI=1S/C15H32N2/c1-12(2)10-15(11-16)17-8-5-6-14(7-9-17)13(3)4/h12-15H,5-11,16H2,1-4H3. The van der Waals surface area contributed by atoms with E-state index in [9.17, 15) is 0 Å². The monoisotopic (exact) mass is 240 g/mol. The third-order valence-corrected chi connectivity index (χ3v) is 4.28. The maximum absolute atomic E-state index is 5.96. The number of nitrogens with two attached hydrogens (primary N) is 1. The van der Waals surface area contributed by atoms with Gasteiger partial charge in [-0.3, -0.25) is 4.90 Å². The van der Waals surface area contributed by atoms with Gasteiger partial charge in [0.2, 0.25) is 0 Å². The zero-order valence-electron chi connectivity index (χ0n) is 12.3. The van der Waals surface area contributed by atoms with Crippen molar-refractivity contribution in [3.63, 3.8) is 0 Å². The van der Waals surface area contributed by atoms with Gasteiger partial charge in [-0.05, 0) is 56.5 Å². The summed E-state index contributed by atoms with van der Waals surface area (Å²) in [5.74, 6) is 2.53. The Morgan fingerprint density at radius 3 is 2.35 bits per heavy atom. The van der Waals surface area contributed by atoms with Gasteiger partial charge >= 0.3 is 0 Å². The van der Waals surface area contributed by atoms with E-state index in [1.165, 1.54) is 38.8 Å². The maximum Gasteiger partial charge on any atom is 0.0220 e. The average Bonchev–Trinajstić information content (AvgIpc) is 2.51. The zero-order chi connectivity index (χ0) is 12.8. The molecule has 0 spiro atoms. The minimum absolute atomic E-state index is 0.612. The molecular weight excluding hydrogens is 208 g/mol. The van der Waals surface area contributed by atoms with Crippen LogP contribution < -0.4 is 5.73 Å². The summed E-state index contributed by atoms with van der Waals surface area (Å²) >= 11 is 0. The fourth-order valence-corrected chi connectivity index (χ4v) is 3.11. The predicted octanol–water partition coefficient (Wildman–Crippen LogP) is 3.12. The minimum Gasteiger partial charge on any atom is -0.329 e. The largest absolute Gasteiger partial charge is 0.329 e. The lowest BCUT2D eigenvalue weighted by atomic mass is 9.89. The molecule has 0 bridgehead atoms. The normalized spacial score (nSPS) is 25.2. The summed E-state index contributed by atoms with van der Waals surface area (Å²) in [6, 6.07) is 0.612. The summed E-state index contributed by atoms with van der Waals surface area (Å²) in [4.78, 5) is 2.66. The molecule has 0 aromatic rings. The van der Waals surface area contributed by atoms with Gasteiger partial charge < -0.3 is 5.73 Å². The van der Waals surface area contributed by atoms with Crippen LogP contribution in [0, 0.1) is 17.8 Å². The molecule has 2 heteroatoms. The van der Waals surface area contributed by atoms with E-state index < -0.39 is 0 Å². The molecule has 17 heavy (non-hydrogen) atoms. The third-order valence-electron chi connectivity index (χ3n) is 4.28. The molecule has 0 aromatic heterocycles. The van der Waals surface area contributed by atoms with Gasteiger partial charge in [-0.1, -0.05) is 27.7 Å². The van der Waals surface area contributed by atoms with Crippen LogP contribution >= 0.6 is 0 Å². The molecule has 2 unspecified atom stereocenters. The van der Waals surface area contributed by atoms with Crippen molar-refractivity contribution in [2.45, 2.75) is 59.4 Å². The number of hydrogen-bond acceptors (Lipinski definition) is 2. The molecule has 1 aliphatic heterocycles. The van der Waals surface area contributed by atoms with E-state index in [0.717, 1.165) is 24.3 Å². The molecule has 102 valence electrons. The Morgan fingerprint density at radius 1 is 1.12 bits per heavy atom. The minimum atomic E-state index is 0.612. The van der Waals surface area contributed by atoms with Crippen molar-refractivity contribution in [3.8, 4) is 0 Å². The average molecular weight is 240 g/mol. The molecular formula is C15H32N2. The fourth-order valence-electron chi connectivity index (χ4n) is 3.11. The smallest absolute Gasteiger partial charge is 0.0220 e. The Morgan fingerprint density at radius 2 is 1.82 bits per heavy atom. The van der Waals surface area contributed by atoms with E-state index in [0.29, 0.717) is 6.04 Å². The lowest BCUT2D eigenvalue weighted by Crippen LogP contribution is -2.42. The summed E-state index contributed by atoms with van der Waals surface area (Å²) < 4.78 is 0. The first-order valence-corrected chi connectivity index (χ1v) is 7.48. The highest BCUT2D eigenvalue weighted by molar-refractivity contribution is 4.79. The van der Waals surface area contributed by atoms with Crippen molar-refractivity contribution in [1.29, 1.82) is 0 Å². The van der Waals surface area contributed by atoms with E-state index >= 15 is 0 Å². The molecule has 2 nitrogen and oxygen atoms in total. The van der Waals surface area contributed by atoms with Crippen molar-refractivity contribution in [2.75, 3.05) is 19.6 Å². The summed E-state index contributed by atoms with van der Waals surface area (Å²) in [5.41, 5.74) is 5.96.